The van der Waals surface area contributed by atoms with Crippen LogP contribution in [0.5, 0.6) is 0 Å². The number of halogens is 3. The van der Waals surface area contributed by atoms with Crippen LogP contribution in [0, 0.1) is 17.2 Å². The van der Waals surface area contributed by atoms with E-state index in [9.17, 15) is 13.2 Å². The van der Waals surface area contributed by atoms with Crippen LogP contribution in [0.4, 0.5) is 13.2 Å². The molecule has 1 aromatic carbocycles. The summed E-state index contributed by atoms with van der Waals surface area (Å²) < 4.78 is 37.8. The van der Waals surface area contributed by atoms with Crippen molar-refractivity contribution in [2.45, 2.75) is 26.6 Å². The van der Waals surface area contributed by atoms with Crippen LogP contribution in [0.25, 0.3) is 0 Å². The lowest BCUT2D eigenvalue weighted by atomic mass is 10.1. The van der Waals surface area contributed by atoms with E-state index in [1.54, 1.807) is 13.0 Å². The summed E-state index contributed by atoms with van der Waals surface area (Å²) in [6.45, 7) is 5.41. The summed E-state index contributed by atoms with van der Waals surface area (Å²) in [5.74, 6) is -0.134. The lowest BCUT2D eigenvalue weighted by Gasteiger charge is -2.22. The van der Waals surface area contributed by atoms with Gasteiger partial charge in [-0.1, -0.05) is 25.1 Å². The van der Waals surface area contributed by atoms with Crippen LogP contribution < -0.4 is 0 Å². The topological polar surface area (TPSA) is 27.0 Å². The van der Waals surface area contributed by atoms with Crippen molar-refractivity contribution in [1.29, 1.82) is 5.26 Å². The third-order valence-electron chi connectivity index (χ3n) is 2.86. The van der Waals surface area contributed by atoms with E-state index >= 15 is 0 Å². The number of nitrogens with zero attached hydrogens (tertiary/aromatic N) is 2. The average molecular weight is 270 g/mol. The average Bonchev–Trinajstić information content (AvgIpc) is 2.37. The summed E-state index contributed by atoms with van der Waals surface area (Å²) in [6.07, 6.45) is -4.31. The van der Waals surface area contributed by atoms with Crippen LogP contribution in [-0.2, 0) is 12.7 Å². The lowest BCUT2D eigenvalue weighted by Crippen LogP contribution is -2.27. The predicted molar refractivity (Wildman–Crippen MR) is 67.2 cm³/mol. The van der Waals surface area contributed by atoms with E-state index in [0.29, 0.717) is 25.2 Å². The molecule has 2 nitrogen and oxygen atoms in total. The van der Waals surface area contributed by atoms with Crippen molar-refractivity contribution in [1.82, 2.24) is 4.90 Å². The second kappa shape index (κ2) is 6.58. The molecule has 0 aliphatic rings. The first-order valence-electron chi connectivity index (χ1n) is 6.15. The Morgan fingerprint density at radius 2 is 2.05 bits per heavy atom. The van der Waals surface area contributed by atoms with Gasteiger partial charge in [-0.2, -0.15) is 18.4 Å². The number of benzene rings is 1. The van der Waals surface area contributed by atoms with Crippen molar-refractivity contribution in [3.63, 3.8) is 0 Å². The molecule has 0 aliphatic heterocycles. The van der Waals surface area contributed by atoms with Crippen LogP contribution in [0.3, 0.4) is 0 Å². The maximum Gasteiger partial charge on any atom is 0.416 e. The van der Waals surface area contributed by atoms with Crippen molar-refractivity contribution in [2.75, 3.05) is 13.1 Å². The van der Waals surface area contributed by atoms with Gasteiger partial charge in [-0.3, -0.25) is 4.90 Å². The van der Waals surface area contributed by atoms with E-state index in [-0.39, 0.29) is 5.92 Å². The number of hydrogen-bond acceptors (Lipinski definition) is 2. The molecule has 0 N–H and O–H groups in total. The molecule has 0 heterocycles. The Balaban J connectivity index is 2.78. The summed E-state index contributed by atoms with van der Waals surface area (Å²) in [5.41, 5.74) is -0.0174. The molecule has 104 valence electrons. The van der Waals surface area contributed by atoms with Crippen molar-refractivity contribution in [3.8, 4) is 6.07 Å². The van der Waals surface area contributed by atoms with Gasteiger partial charge in [0.15, 0.2) is 0 Å². The molecule has 0 aliphatic carbocycles. The Morgan fingerprint density at radius 3 is 2.58 bits per heavy atom. The minimum Gasteiger partial charge on any atom is -0.298 e. The van der Waals surface area contributed by atoms with Gasteiger partial charge in [0.25, 0.3) is 0 Å². The quantitative estimate of drug-likeness (QED) is 0.816. The number of rotatable bonds is 5. The van der Waals surface area contributed by atoms with Crippen LogP contribution in [-0.4, -0.2) is 18.0 Å². The van der Waals surface area contributed by atoms with E-state index < -0.39 is 11.7 Å². The molecule has 0 fully saturated rings. The third kappa shape index (κ3) is 4.92. The smallest absolute Gasteiger partial charge is 0.298 e. The predicted octanol–water partition coefficient (Wildman–Crippen LogP) is 3.69. The van der Waals surface area contributed by atoms with Gasteiger partial charge in [0.05, 0.1) is 17.6 Å². The van der Waals surface area contributed by atoms with Gasteiger partial charge in [0.2, 0.25) is 0 Å². The number of hydrogen-bond donors (Lipinski definition) is 0. The second-order valence-electron chi connectivity index (χ2n) is 4.56. The van der Waals surface area contributed by atoms with Crippen LogP contribution in [0.2, 0.25) is 0 Å². The van der Waals surface area contributed by atoms with E-state index in [4.69, 9.17) is 5.26 Å². The zero-order valence-electron chi connectivity index (χ0n) is 11.0. The largest absolute Gasteiger partial charge is 0.416 e. The van der Waals surface area contributed by atoms with E-state index in [0.717, 1.165) is 6.07 Å². The van der Waals surface area contributed by atoms with Gasteiger partial charge in [-0.25, -0.2) is 0 Å². The fourth-order valence-corrected chi connectivity index (χ4v) is 1.84. The monoisotopic (exact) mass is 270 g/mol. The molecule has 1 rings (SSSR count). The minimum absolute atomic E-state index is 0.134. The molecule has 1 unspecified atom stereocenters. The highest BCUT2D eigenvalue weighted by atomic mass is 19.4. The van der Waals surface area contributed by atoms with Crippen molar-refractivity contribution in [3.05, 3.63) is 35.4 Å². The van der Waals surface area contributed by atoms with Gasteiger partial charge in [0, 0.05) is 13.1 Å². The summed E-state index contributed by atoms with van der Waals surface area (Å²) in [5, 5.41) is 8.77. The molecule has 19 heavy (non-hydrogen) atoms. The van der Waals surface area contributed by atoms with Crippen molar-refractivity contribution >= 4 is 0 Å². The Labute approximate surface area is 111 Å². The number of alkyl halides is 3. The first-order valence-corrected chi connectivity index (χ1v) is 6.15. The zero-order valence-corrected chi connectivity index (χ0v) is 11.0. The van der Waals surface area contributed by atoms with Crippen molar-refractivity contribution < 1.29 is 13.2 Å². The van der Waals surface area contributed by atoms with E-state index in [1.807, 2.05) is 11.8 Å². The van der Waals surface area contributed by atoms with Crippen LogP contribution in [0.1, 0.15) is 25.0 Å². The second-order valence-corrected chi connectivity index (χ2v) is 4.56. The highest BCUT2D eigenvalue weighted by Crippen LogP contribution is 2.29. The molecule has 0 aromatic heterocycles. The first-order chi connectivity index (χ1) is 8.86. The maximum absolute atomic E-state index is 12.6. The molecule has 0 radical (unpaired) electrons. The van der Waals surface area contributed by atoms with Gasteiger partial charge < -0.3 is 0 Å². The molecule has 0 saturated heterocycles. The molecule has 1 atom stereocenters. The fourth-order valence-electron chi connectivity index (χ4n) is 1.84. The highest BCUT2D eigenvalue weighted by molar-refractivity contribution is 5.25. The molecular formula is C14H17F3N2. The Morgan fingerprint density at radius 1 is 1.37 bits per heavy atom. The number of nitriles is 1. The lowest BCUT2D eigenvalue weighted by molar-refractivity contribution is -0.137. The Bertz CT molecular complexity index is 449. The van der Waals surface area contributed by atoms with Gasteiger partial charge >= 0.3 is 6.18 Å². The normalized spacial score (nSPS) is 13.3. The standard InChI is InChI=1S/C14H17F3N2/c1-3-19(9-11(2)8-18)10-12-5-4-6-13(7-12)14(15,16)17/h4-7,11H,3,9-10H2,1-2H3. The summed E-state index contributed by atoms with van der Waals surface area (Å²) in [7, 11) is 0. The van der Waals surface area contributed by atoms with Crippen LogP contribution >= 0.6 is 0 Å². The SMILES string of the molecule is CCN(Cc1cccc(C(F)(F)F)c1)CC(C)C#N. The summed E-state index contributed by atoms with van der Waals surface area (Å²) >= 11 is 0. The summed E-state index contributed by atoms with van der Waals surface area (Å²) in [6, 6.07) is 7.45. The van der Waals surface area contributed by atoms with Crippen molar-refractivity contribution in [2.24, 2.45) is 5.92 Å². The Kier molecular flexibility index (Phi) is 5.37. The molecular weight excluding hydrogens is 253 g/mol. The zero-order chi connectivity index (χ0) is 14.5. The molecule has 0 bridgehead atoms. The fraction of sp³-hybridized carbons (Fsp3) is 0.500. The van der Waals surface area contributed by atoms with E-state index in [1.165, 1.54) is 12.1 Å². The Hall–Kier alpha value is -1.54. The minimum atomic E-state index is -4.31. The first kappa shape index (κ1) is 15.5. The van der Waals surface area contributed by atoms with Gasteiger partial charge in [0.1, 0.15) is 0 Å². The molecule has 0 spiro atoms. The molecule has 1 aromatic rings. The maximum atomic E-state index is 12.6. The highest BCUT2D eigenvalue weighted by Gasteiger charge is 2.30. The summed E-state index contributed by atoms with van der Waals surface area (Å²) in [4.78, 5) is 1.96. The third-order valence-corrected chi connectivity index (χ3v) is 2.86. The molecule has 0 saturated carbocycles. The van der Waals surface area contributed by atoms with Gasteiger partial charge in [-0.15, -0.1) is 0 Å². The molecule has 0 amide bonds. The van der Waals surface area contributed by atoms with Gasteiger partial charge in [-0.05, 0) is 25.1 Å². The molecule has 5 heteroatoms. The van der Waals surface area contributed by atoms with Crippen LogP contribution in [0.15, 0.2) is 24.3 Å². The van der Waals surface area contributed by atoms with E-state index in [2.05, 4.69) is 6.07 Å².